The summed E-state index contributed by atoms with van der Waals surface area (Å²) in [5, 5.41) is 0.755. The molecule has 1 aliphatic rings. The highest BCUT2D eigenvalue weighted by molar-refractivity contribution is 9.10. The third-order valence-electron chi connectivity index (χ3n) is 4.01. The molecule has 0 spiro atoms. The van der Waals surface area contributed by atoms with E-state index >= 15 is 0 Å². The fourth-order valence-corrected chi connectivity index (χ4v) is 3.82. The van der Waals surface area contributed by atoms with Gasteiger partial charge in [0.15, 0.2) is 0 Å². The van der Waals surface area contributed by atoms with Crippen LogP contribution in [0.5, 0.6) is 0 Å². The van der Waals surface area contributed by atoms with Crippen molar-refractivity contribution >= 4 is 55.1 Å². The van der Waals surface area contributed by atoms with E-state index in [4.69, 9.17) is 11.6 Å². The molecule has 0 nitrogen and oxygen atoms in total. The second-order valence-electron chi connectivity index (χ2n) is 5.49. The first-order valence-corrected chi connectivity index (χ1v) is 9.16. The van der Waals surface area contributed by atoms with E-state index < -0.39 is 0 Å². The maximum absolute atomic E-state index is 6.00. The van der Waals surface area contributed by atoms with Crippen molar-refractivity contribution in [2.75, 3.05) is 0 Å². The van der Waals surface area contributed by atoms with Crippen LogP contribution in [-0.2, 0) is 0 Å². The molecule has 0 fully saturated rings. The maximum atomic E-state index is 6.00. The van der Waals surface area contributed by atoms with Gasteiger partial charge in [0, 0.05) is 14.0 Å². The number of fused-ring (bicyclic) bond motifs is 3. The van der Waals surface area contributed by atoms with Crippen molar-refractivity contribution in [3.05, 3.63) is 91.3 Å². The van der Waals surface area contributed by atoms with Crippen LogP contribution >= 0.6 is 43.5 Å². The Labute approximate surface area is 157 Å². The van der Waals surface area contributed by atoms with Crippen LogP contribution < -0.4 is 0 Å². The molecule has 0 bridgehead atoms. The van der Waals surface area contributed by atoms with Gasteiger partial charge in [0.2, 0.25) is 0 Å². The molecule has 0 radical (unpaired) electrons. The van der Waals surface area contributed by atoms with Gasteiger partial charge >= 0.3 is 0 Å². The Bertz CT molecular complexity index is 887. The van der Waals surface area contributed by atoms with Crippen molar-refractivity contribution in [1.82, 2.24) is 0 Å². The highest BCUT2D eigenvalue weighted by atomic mass is 79.9. The van der Waals surface area contributed by atoms with Crippen molar-refractivity contribution in [1.29, 1.82) is 0 Å². The van der Waals surface area contributed by atoms with Gasteiger partial charge in [-0.2, -0.15) is 0 Å². The van der Waals surface area contributed by atoms with E-state index in [9.17, 15) is 0 Å². The topological polar surface area (TPSA) is 0 Å². The fourth-order valence-electron chi connectivity index (χ4n) is 2.97. The summed E-state index contributed by atoms with van der Waals surface area (Å²) in [6.07, 6.45) is 2.22. The zero-order valence-electron chi connectivity index (χ0n) is 12.0. The maximum Gasteiger partial charge on any atom is 0.0406 e. The van der Waals surface area contributed by atoms with Crippen molar-refractivity contribution < 1.29 is 0 Å². The van der Waals surface area contributed by atoms with Gasteiger partial charge in [0.05, 0.1) is 0 Å². The lowest BCUT2D eigenvalue weighted by molar-refractivity contribution is 1.60. The monoisotopic (exact) mass is 444 g/mol. The minimum Gasteiger partial charge on any atom is -0.0843 e. The van der Waals surface area contributed by atoms with Gasteiger partial charge in [-0.15, -0.1) is 0 Å². The van der Waals surface area contributed by atoms with Crippen molar-refractivity contribution in [2.45, 2.75) is 0 Å². The summed E-state index contributed by atoms with van der Waals surface area (Å²) >= 11 is 13.2. The van der Waals surface area contributed by atoms with E-state index in [0.717, 1.165) is 19.5 Å². The van der Waals surface area contributed by atoms with Gasteiger partial charge in [-0.3, -0.25) is 0 Å². The zero-order chi connectivity index (χ0) is 16.0. The van der Waals surface area contributed by atoms with E-state index in [1.807, 2.05) is 24.3 Å². The third kappa shape index (κ3) is 2.80. The van der Waals surface area contributed by atoms with Gasteiger partial charge in [-0.25, -0.2) is 0 Å². The number of benzene rings is 3. The molecule has 0 atom stereocenters. The summed E-state index contributed by atoms with van der Waals surface area (Å²) in [5.74, 6) is 0. The van der Waals surface area contributed by atoms with E-state index in [2.05, 4.69) is 74.3 Å². The average molecular weight is 447 g/mol. The van der Waals surface area contributed by atoms with Crippen molar-refractivity contribution in [3.8, 4) is 11.1 Å². The van der Waals surface area contributed by atoms with E-state index in [0.29, 0.717) is 0 Å². The molecule has 1 aliphatic carbocycles. The predicted molar refractivity (Wildman–Crippen MR) is 106 cm³/mol. The summed E-state index contributed by atoms with van der Waals surface area (Å²) in [5.41, 5.74) is 7.43. The first-order valence-electron chi connectivity index (χ1n) is 7.19. The quantitative estimate of drug-likeness (QED) is 0.285. The van der Waals surface area contributed by atoms with E-state index in [1.54, 1.807) is 0 Å². The van der Waals surface area contributed by atoms with Crippen LogP contribution in [0.15, 0.2) is 69.6 Å². The predicted octanol–water partition coefficient (Wildman–Crippen LogP) is 7.43. The zero-order valence-corrected chi connectivity index (χ0v) is 15.9. The molecule has 0 aliphatic heterocycles. The fraction of sp³-hybridized carbons (Fsp3) is 0. The molecule has 23 heavy (non-hydrogen) atoms. The number of rotatable bonds is 1. The SMILES string of the molecule is Clc1ccc(C=C2c3cc(Br)ccc3-c3ccc(Br)cc32)cc1. The summed E-state index contributed by atoms with van der Waals surface area (Å²) in [7, 11) is 0. The van der Waals surface area contributed by atoms with Gasteiger partial charge in [0.1, 0.15) is 0 Å². The lowest BCUT2D eigenvalue weighted by Gasteiger charge is -2.04. The molecule has 3 aromatic carbocycles. The molecular formula is C20H11Br2Cl. The second-order valence-corrected chi connectivity index (χ2v) is 7.76. The van der Waals surface area contributed by atoms with Gasteiger partial charge in [-0.05, 0) is 75.9 Å². The Balaban J connectivity index is 1.97. The Morgan fingerprint density at radius 3 is 1.70 bits per heavy atom. The van der Waals surface area contributed by atoms with Crippen LogP contribution in [0.3, 0.4) is 0 Å². The molecule has 0 saturated heterocycles. The summed E-state index contributed by atoms with van der Waals surface area (Å²) in [4.78, 5) is 0. The molecule has 0 unspecified atom stereocenters. The van der Waals surface area contributed by atoms with Gasteiger partial charge < -0.3 is 0 Å². The lowest BCUT2D eigenvalue weighted by Crippen LogP contribution is -1.83. The van der Waals surface area contributed by atoms with Crippen LogP contribution in [-0.4, -0.2) is 0 Å². The minimum absolute atomic E-state index is 0.755. The molecule has 0 amide bonds. The molecule has 4 rings (SSSR count). The highest BCUT2D eigenvalue weighted by Gasteiger charge is 2.23. The number of halogens is 3. The Hall–Kier alpha value is -1.35. The number of hydrogen-bond donors (Lipinski definition) is 0. The molecule has 0 saturated carbocycles. The molecule has 3 aromatic rings. The second kappa shape index (κ2) is 5.94. The average Bonchev–Trinajstić information content (AvgIpc) is 2.82. The standard InChI is InChI=1S/C20H11Br2Cl/c21-13-3-7-16-17-8-4-14(22)11-20(17)18(19(16)10-13)9-12-1-5-15(23)6-2-12/h1-11H. The molecule has 3 heteroatoms. The summed E-state index contributed by atoms with van der Waals surface area (Å²) in [6, 6.07) is 20.8. The number of hydrogen-bond acceptors (Lipinski definition) is 0. The Kier molecular flexibility index (Phi) is 3.92. The van der Waals surface area contributed by atoms with E-state index in [1.165, 1.54) is 27.8 Å². The van der Waals surface area contributed by atoms with Crippen LogP contribution in [0, 0.1) is 0 Å². The Morgan fingerprint density at radius 1 is 0.652 bits per heavy atom. The van der Waals surface area contributed by atoms with Crippen molar-refractivity contribution in [2.24, 2.45) is 0 Å². The minimum atomic E-state index is 0.755. The van der Waals surface area contributed by atoms with Crippen molar-refractivity contribution in [3.63, 3.8) is 0 Å². The molecule has 0 N–H and O–H groups in total. The largest absolute Gasteiger partial charge is 0.0843 e. The Morgan fingerprint density at radius 2 is 1.17 bits per heavy atom. The van der Waals surface area contributed by atoms with Crippen LogP contribution in [0.2, 0.25) is 5.02 Å². The van der Waals surface area contributed by atoms with Gasteiger partial charge in [0.25, 0.3) is 0 Å². The molecule has 0 heterocycles. The smallest absolute Gasteiger partial charge is 0.0406 e. The van der Waals surface area contributed by atoms with Crippen LogP contribution in [0.4, 0.5) is 0 Å². The summed E-state index contributed by atoms with van der Waals surface area (Å²) in [6.45, 7) is 0. The first kappa shape index (κ1) is 15.2. The molecule has 112 valence electrons. The van der Waals surface area contributed by atoms with Gasteiger partial charge in [-0.1, -0.05) is 67.7 Å². The first-order chi connectivity index (χ1) is 11.1. The van der Waals surface area contributed by atoms with E-state index in [-0.39, 0.29) is 0 Å². The van der Waals surface area contributed by atoms with Crippen LogP contribution in [0.25, 0.3) is 22.8 Å². The molecule has 0 aromatic heterocycles. The van der Waals surface area contributed by atoms with Crippen LogP contribution in [0.1, 0.15) is 16.7 Å². The highest BCUT2D eigenvalue weighted by Crippen LogP contribution is 2.46. The normalized spacial score (nSPS) is 12.0. The third-order valence-corrected chi connectivity index (χ3v) is 5.25. The summed E-state index contributed by atoms with van der Waals surface area (Å²) < 4.78 is 2.18. The lowest BCUT2D eigenvalue weighted by atomic mass is 10.0. The molecular weight excluding hydrogens is 435 g/mol.